The monoisotopic (exact) mass is 575 g/mol. The van der Waals surface area contributed by atoms with Gasteiger partial charge in [0.05, 0.1) is 11.3 Å². The zero-order valence-electron chi connectivity index (χ0n) is 20.9. The number of allylic oxidation sites excluding steroid dienone is 1. The Kier molecular flexibility index (Phi) is 6.05. The number of nitrogens with zero attached hydrogens (tertiary/aromatic N) is 1. The van der Waals surface area contributed by atoms with E-state index in [-0.39, 0.29) is 17.1 Å². The summed E-state index contributed by atoms with van der Waals surface area (Å²) in [6.07, 6.45) is 1.71. The highest BCUT2D eigenvalue weighted by Crippen LogP contribution is 2.44. The predicted molar refractivity (Wildman–Crippen MR) is 167 cm³/mol. The largest absolute Gasteiger partial charge is 0.301 e. The normalized spacial score (nSPS) is 12.8. The number of carbonyl (C=O) groups excluding carboxylic acids is 2. The first-order chi connectivity index (χ1) is 19.5. The summed E-state index contributed by atoms with van der Waals surface area (Å²) in [6.45, 7) is 0. The molecular formula is C34H19Cl2NO2S. The molecule has 1 aromatic heterocycles. The van der Waals surface area contributed by atoms with Crippen LogP contribution in [-0.2, 0) is 0 Å². The van der Waals surface area contributed by atoms with Crippen LogP contribution in [0.2, 0.25) is 10.0 Å². The molecular weight excluding hydrogens is 557 g/mol. The smallest absolute Gasteiger partial charge is 0.197 e. The zero-order valence-corrected chi connectivity index (χ0v) is 23.2. The van der Waals surface area contributed by atoms with Crippen LogP contribution in [0.5, 0.6) is 0 Å². The maximum absolute atomic E-state index is 13.3. The molecule has 0 N–H and O–H groups in total. The zero-order chi connectivity index (χ0) is 27.4. The minimum atomic E-state index is -0.237. The lowest BCUT2D eigenvalue weighted by Gasteiger charge is -2.25. The van der Waals surface area contributed by atoms with E-state index in [0.717, 1.165) is 42.8 Å². The molecule has 0 atom stereocenters. The highest BCUT2D eigenvalue weighted by atomic mass is 35.5. The number of carbonyl (C=O) groups is 2. The Morgan fingerprint density at radius 2 is 1.27 bits per heavy atom. The van der Waals surface area contributed by atoms with Crippen molar-refractivity contribution in [1.82, 2.24) is 0 Å². The van der Waals surface area contributed by atoms with Gasteiger partial charge in [-0.1, -0.05) is 71.7 Å². The lowest BCUT2D eigenvalue weighted by Crippen LogP contribution is -2.08. The van der Waals surface area contributed by atoms with Gasteiger partial charge in [-0.25, -0.2) is 0 Å². The molecule has 0 saturated carbocycles. The van der Waals surface area contributed by atoms with Crippen molar-refractivity contribution < 1.29 is 9.59 Å². The van der Waals surface area contributed by atoms with E-state index in [2.05, 4.69) is 4.90 Å². The summed E-state index contributed by atoms with van der Waals surface area (Å²) in [7, 11) is 0. The third-order valence-corrected chi connectivity index (χ3v) is 8.76. The molecule has 0 saturated heterocycles. The van der Waals surface area contributed by atoms with Crippen LogP contribution in [0.15, 0.2) is 115 Å². The molecule has 1 heterocycles. The number of rotatable bonds is 4. The fourth-order valence-corrected chi connectivity index (χ4v) is 6.58. The molecule has 0 aliphatic heterocycles. The van der Waals surface area contributed by atoms with E-state index in [1.807, 2.05) is 109 Å². The van der Waals surface area contributed by atoms with E-state index in [9.17, 15) is 9.59 Å². The summed E-state index contributed by atoms with van der Waals surface area (Å²) in [6, 6.07) is 34.9. The lowest BCUT2D eigenvalue weighted by molar-refractivity contribution is 0.0990. The van der Waals surface area contributed by atoms with E-state index >= 15 is 0 Å². The lowest BCUT2D eigenvalue weighted by atomic mass is 10.0. The number of hydrogen-bond acceptors (Lipinski definition) is 4. The summed E-state index contributed by atoms with van der Waals surface area (Å²) in [5.41, 5.74) is 2.98. The van der Waals surface area contributed by atoms with Gasteiger partial charge < -0.3 is 4.90 Å². The van der Waals surface area contributed by atoms with Crippen LogP contribution in [0.25, 0.3) is 27.6 Å². The van der Waals surface area contributed by atoms with Crippen molar-refractivity contribution >= 4 is 90.1 Å². The summed E-state index contributed by atoms with van der Waals surface area (Å²) in [5, 5.41) is 6.08. The Hall–Kier alpha value is -4.22. The molecule has 7 rings (SSSR count). The second kappa shape index (κ2) is 9.76. The Morgan fingerprint density at radius 1 is 0.650 bits per heavy atom. The van der Waals surface area contributed by atoms with Gasteiger partial charge >= 0.3 is 0 Å². The van der Waals surface area contributed by atoms with Gasteiger partial charge in [-0.2, -0.15) is 0 Å². The van der Waals surface area contributed by atoms with Crippen molar-refractivity contribution in [3.8, 4) is 0 Å². The van der Waals surface area contributed by atoms with Crippen molar-refractivity contribution in [3.05, 3.63) is 141 Å². The third-order valence-electron chi connectivity index (χ3n) is 7.16. The number of ketones is 2. The molecule has 0 fully saturated rings. The molecule has 40 heavy (non-hydrogen) atoms. The summed E-state index contributed by atoms with van der Waals surface area (Å²) in [4.78, 5) is 29.6. The van der Waals surface area contributed by atoms with Crippen LogP contribution in [0.1, 0.15) is 25.6 Å². The van der Waals surface area contributed by atoms with Crippen LogP contribution in [0.3, 0.4) is 0 Å². The predicted octanol–water partition coefficient (Wildman–Crippen LogP) is 10.3. The van der Waals surface area contributed by atoms with E-state index in [4.69, 9.17) is 23.2 Å². The number of fused-ring (bicyclic) bond motifs is 3. The van der Waals surface area contributed by atoms with Gasteiger partial charge in [-0.3, -0.25) is 9.59 Å². The highest BCUT2D eigenvalue weighted by molar-refractivity contribution is 7.17. The van der Waals surface area contributed by atoms with Crippen LogP contribution in [-0.4, -0.2) is 11.6 Å². The second-order valence-electron chi connectivity index (χ2n) is 9.56. The van der Waals surface area contributed by atoms with Crippen molar-refractivity contribution in [1.29, 1.82) is 0 Å². The third kappa shape index (κ3) is 4.13. The molecule has 6 heteroatoms. The van der Waals surface area contributed by atoms with Crippen molar-refractivity contribution in [3.63, 3.8) is 0 Å². The van der Waals surface area contributed by atoms with Crippen molar-refractivity contribution in [2.24, 2.45) is 0 Å². The van der Waals surface area contributed by atoms with Gasteiger partial charge in [0.15, 0.2) is 11.6 Å². The van der Waals surface area contributed by atoms with E-state index in [1.165, 1.54) is 11.3 Å². The Bertz CT molecular complexity index is 1970. The first-order valence-corrected chi connectivity index (χ1v) is 14.2. The molecule has 0 unspecified atom stereocenters. The van der Waals surface area contributed by atoms with Crippen LogP contribution < -0.4 is 4.90 Å². The molecule has 1 aliphatic carbocycles. The molecule has 0 bridgehead atoms. The Balaban J connectivity index is 1.33. The van der Waals surface area contributed by atoms with E-state index < -0.39 is 0 Å². The molecule has 0 spiro atoms. The maximum Gasteiger partial charge on any atom is 0.197 e. The molecule has 1 aliphatic rings. The minimum absolute atomic E-state index is 0.189. The first-order valence-electron chi connectivity index (χ1n) is 12.6. The molecule has 3 nitrogen and oxygen atoms in total. The minimum Gasteiger partial charge on any atom is -0.301 e. The number of hydrogen-bond donors (Lipinski definition) is 0. The van der Waals surface area contributed by atoms with Gasteiger partial charge in [0, 0.05) is 42.5 Å². The maximum atomic E-state index is 13.3. The standard InChI is InChI=1S/C34H19Cl2NO2S/c35-22-9-11-23(12-10-22)37(31-15-14-30(36)25-7-3-4-8-26(25)31)32-16-13-24(40-32)19-29-33(38)27-17-20-5-1-2-6-21(20)18-28(27)34(29)39/h1-19H. The fraction of sp³-hybridized carbons (Fsp3) is 0. The van der Waals surface area contributed by atoms with Gasteiger partial charge in [-0.05, 0) is 77.5 Å². The molecule has 5 aromatic carbocycles. The average Bonchev–Trinajstić information content (AvgIpc) is 3.53. The summed E-state index contributed by atoms with van der Waals surface area (Å²) < 4.78 is 0. The highest BCUT2D eigenvalue weighted by Gasteiger charge is 2.33. The number of benzene rings is 5. The van der Waals surface area contributed by atoms with Crippen LogP contribution in [0.4, 0.5) is 16.4 Å². The summed E-state index contributed by atoms with van der Waals surface area (Å²) in [5.74, 6) is -0.474. The van der Waals surface area contributed by atoms with Crippen LogP contribution >= 0.6 is 34.5 Å². The Morgan fingerprint density at radius 3 is 1.95 bits per heavy atom. The second-order valence-corrected chi connectivity index (χ2v) is 11.5. The SMILES string of the molecule is O=C1C(=Cc2ccc(N(c3ccc(Cl)cc3)c3ccc(Cl)c4ccccc34)s2)C(=O)c2cc3ccccc3cc21. The molecule has 0 amide bonds. The molecule has 0 radical (unpaired) electrons. The van der Waals surface area contributed by atoms with Gasteiger partial charge in [0.2, 0.25) is 0 Å². The van der Waals surface area contributed by atoms with Crippen molar-refractivity contribution in [2.45, 2.75) is 0 Å². The number of thiophene rings is 1. The van der Waals surface area contributed by atoms with Gasteiger partial charge in [0.1, 0.15) is 5.00 Å². The topological polar surface area (TPSA) is 37.4 Å². The fourth-order valence-electron chi connectivity index (χ4n) is 5.24. The number of Topliss-reactive ketones (excluding diaryl/α,β-unsaturated/α-hetero) is 2. The number of anilines is 3. The van der Waals surface area contributed by atoms with E-state index in [1.54, 1.807) is 6.08 Å². The van der Waals surface area contributed by atoms with Crippen LogP contribution in [0, 0.1) is 0 Å². The molecule has 192 valence electrons. The quantitative estimate of drug-likeness (QED) is 0.155. The van der Waals surface area contributed by atoms with Crippen molar-refractivity contribution in [2.75, 3.05) is 4.90 Å². The number of halogens is 2. The van der Waals surface area contributed by atoms with E-state index in [0.29, 0.717) is 21.2 Å². The van der Waals surface area contributed by atoms with Gasteiger partial charge in [-0.15, -0.1) is 11.3 Å². The average molecular weight is 577 g/mol. The first kappa shape index (κ1) is 24.8. The Labute approximate surface area is 244 Å². The summed E-state index contributed by atoms with van der Waals surface area (Å²) >= 11 is 14.3. The van der Waals surface area contributed by atoms with Gasteiger partial charge in [0.25, 0.3) is 0 Å². The molecule has 6 aromatic rings.